The lowest BCUT2D eigenvalue weighted by Crippen LogP contribution is -2.41. The normalized spacial score (nSPS) is 14.4. The van der Waals surface area contributed by atoms with E-state index in [0.717, 1.165) is 49.7 Å². The summed E-state index contributed by atoms with van der Waals surface area (Å²) in [6, 6.07) is 7.94. The Morgan fingerprint density at radius 2 is 1.96 bits per heavy atom. The number of methoxy groups -OCH3 is 1. The molecule has 0 atom stereocenters. The van der Waals surface area contributed by atoms with Gasteiger partial charge in [-0.2, -0.15) is 0 Å². The predicted molar refractivity (Wildman–Crippen MR) is 116 cm³/mol. The van der Waals surface area contributed by atoms with Crippen LogP contribution >= 0.6 is 24.0 Å². The van der Waals surface area contributed by atoms with Crippen molar-refractivity contribution in [1.82, 2.24) is 15.1 Å². The zero-order valence-electron chi connectivity index (χ0n) is 16.0. The van der Waals surface area contributed by atoms with Gasteiger partial charge < -0.3 is 19.9 Å². The van der Waals surface area contributed by atoms with Crippen LogP contribution in [0.1, 0.15) is 31.7 Å². The lowest BCUT2D eigenvalue weighted by atomic mass is 10.1. The van der Waals surface area contributed by atoms with Gasteiger partial charge >= 0.3 is 0 Å². The van der Waals surface area contributed by atoms with Crippen molar-refractivity contribution >= 4 is 35.8 Å². The van der Waals surface area contributed by atoms with Gasteiger partial charge in [-0.1, -0.05) is 18.2 Å². The summed E-state index contributed by atoms with van der Waals surface area (Å²) in [5.74, 6) is 1.70. The number of nitrogens with one attached hydrogen (secondary N) is 1. The summed E-state index contributed by atoms with van der Waals surface area (Å²) in [6.07, 6.45) is 3.42. The molecule has 0 spiro atoms. The fourth-order valence-electron chi connectivity index (χ4n) is 3.02. The molecular formula is C19H31IN4O2. The highest BCUT2D eigenvalue weighted by Gasteiger charge is 2.17. The van der Waals surface area contributed by atoms with Crippen LogP contribution in [-0.4, -0.2) is 62.0 Å². The maximum Gasteiger partial charge on any atom is 0.244 e. The van der Waals surface area contributed by atoms with E-state index < -0.39 is 0 Å². The molecule has 1 aromatic rings. The third kappa shape index (κ3) is 6.66. The van der Waals surface area contributed by atoms with E-state index in [-0.39, 0.29) is 36.4 Å². The van der Waals surface area contributed by atoms with Gasteiger partial charge in [0.05, 0.1) is 7.11 Å². The zero-order valence-corrected chi connectivity index (χ0v) is 18.4. The van der Waals surface area contributed by atoms with Crippen LogP contribution in [0.25, 0.3) is 0 Å². The summed E-state index contributed by atoms with van der Waals surface area (Å²) in [5.41, 5.74) is 1.08. The van der Waals surface area contributed by atoms with Crippen molar-refractivity contribution in [1.29, 1.82) is 0 Å². The van der Waals surface area contributed by atoms with E-state index >= 15 is 0 Å². The third-order valence-electron chi connectivity index (χ3n) is 4.37. The Balaban J connectivity index is 0.00000338. The molecule has 26 heavy (non-hydrogen) atoms. The zero-order chi connectivity index (χ0) is 18.1. The number of carbonyl (C=O) groups excluding carboxylic acids is 1. The Labute approximate surface area is 174 Å². The van der Waals surface area contributed by atoms with Gasteiger partial charge in [0.1, 0.15) is 12.3 Å². The average molecular weight is 474 g/mol. The molecule has 1 amide bonds. The quantitative estimate of drug-likeness (QED) is 0.392. The molecule has 0 unspecified atom stereocenters. The van der Waals surface area contributed by atoms with Gasteiger partial charge in [0, 0.05) is 38.8 Å². The Bertz CT molecular complexity index is 589. The molecule has 1 N–H and O–H groups in total. The predicted octanol–water partition coefficient (Wildman–Crippen LogP) is 2.72. The first-order chi connectivity index (χ1) is 12.2. The highest BCUT2D eigenvalue weighted by Crippen LogP contribution is 2.18. The van der Waals surface area contributed by atoms with Crippen molar-refractivity contribution in [2.45, 2.75) is 32.7 Å². The smallest absolute Gasteiger partial charge is 0.244 e. The van der Waals surface area contributed by atoms with E-state index in [1.165, 1.54) is 6.42 Å². The lowest BCUT2D eigenvalue weighted by Gasteiger charge is -2.27. The van der Waals surface area contributed by atoms with E-state index in [1.807, 2.05) is 48.0 Å². The molecule has 2 rings (SSSR count). The summed E-state index contributed by atoms with van der Waals surface area (Å²) in [4.78, 5) is 20.8. The molecule has 0 aromatic heterocycles. The number of hydrogen-bond acceptors (Lipinski definition) is 3. The average Bonchev–Trinajstić information content (AvgIpc) is 2.65. The van der Waals surface area contributed by atoms with E-state index in [0.29, 0.717) is 6.54 Å². The molecule has 1 aliphatic rings. The Kier molecular flexibility index (Phi) is 10.4. The van der Waals surface area contributed by atoms with Gasteiger partial charge in [-0.25, -0.2) is 4.99 Å². The number of piperidine rings is 1. The molecule has 146 valence electrons. The van der Waals surface area contributed by atoms with Crippen molar-refractivity contribution < 1.29 is 9.53 Å². The molecule has 1 heterocycles. The topological polar surface area (TPSA) is 57.2 Å². The Morgan fingerprint density at radius 3 is 2.62 bits per heavy atom. The number of para-hydroxylation sites is 1. The van der Waals surface area contributed by atoms with Crippen LogP contribution in [0.5, 0.6) is 5.75 Å². The first-order valence-corrected chi connectivity index (χ1v) is 9.04. The lowest BCUT2D eigenvalue weighted by molar-refractivity contribution is -0.130. The summed E-state index contributed by atoms with van der Waals surface area (Å²) in [7, 11) is 3.65. The van der Waals surface area contributed by atoms with Crippen LogP contribution in [-0.2, 0) is 11.3 Å². The number of aliphatic imine (C=N–C) groups is 1. The maximum atomic E-state index is 12.3. The number of likely N-dealkylation sites (tertiary alicyclic amines) is 1. The van der Waals surface area contributed by atoms with Crippen molar-refractivity contribution in [3.05, 3.63) is 29.8 Å². The Morgan fingerprint density at radius 1 is 1.27 bits per heavy atom. The number of ether oxygens (including phenoxy) is 1. The number of nitrogens with zero attached hydrogens (tertiary/aromatic N) is 3. The summed E-state index contributed by atoms with van der Waals surface area (Å²) < 4.78 is 5.42. The largest absolute Gasteiger partial charge is 0.496 e. The van der Waals surface area contributed by atoms with Crippen LogP contribution in [0.2, 0.25) is 0 Å². The minimum Gasteiger partial charge on any atom is -0.496 e. The number of benzene rings is 1. The first kappa shape index (κ1) is 22.5. The molecule has 7 heteroatoms. The Hall–Kier alpha value is -1.51. The number of guanidine groups is 1. The summed E-state index contributed by atoms with van der Waals surface area (Å²) >= 11 is 0. The van der Waals surface area contributed by atoms with Crippen molar-refractivity contribution in [2.24, 2.45) is 4.99 Å². The standard InChI is InChI=1S/C19H30N4O2.HI/c1-4-20-19(21-14-18(24)23-12-8-5-9-13-23)22(2)15-16-10-6-7-11-17(16)25-3;/h6-7,10-11H,4-5,8-9,12-15H2,1-3H3,(H,20,21);1H. The first-order valence-electron chi connectivity index (χ1n) is 9.04. The fourth-order valence-corrected chi connectivity index (χ4v) is 3.02. The fraction of sp³-hybridized carbons (Fsp3) is 0.579. The van der Waals surface area contributed by atoms with E-state index in [2.05, 4.69) is 10.3 Å². The molecule has 0 aliphatic carbocycles. The minimum atomic E-state index is 0. The number of halogens is 1. The molecule has 0 bridgehead atoms. The van der Waals surface area contributed by atoms with Crippen molar-refractivity contribution in [3.8, 4) is 5.75 Å². The van der Waals surface area contributed by atoms with E-state index in [9.17, 15) is 4.79 Å². The van der Waals surface area contributed by atoms with Crippen LogP contribution < -0.4 is 10.1 Å². The third-order valence-corrected chi connectivity index (χ3v) is 4.37. The summed E-state index contributed by atoms with van der Waals surface area (Å²) in [6.45, 7) is 5.36. The van der Waals surface area contributed by atoms with Gasteiger partial charge in [-0.15, -0.1) is 24.0 Å². The molecule has 1 saturated heterocycles. The molecule has 6 nitrogen and oxygen atoms in total. The van der Waals surface area contributed by atoms with E-state index in [1.54, 1.807) is 7.11 Å². The van der Waals surface area contributed by atoms with Gasteiger partial charge in [-0.05, 0) is 32.3 Å². The number of carbonyl (C=O) groups is 1. The second-order valence-electron chi connectivity index (χ2n) is 6.28. The number of amides is 1. The molecule has 1 aromatic carbocycles. The van der Waals surface area contributed by atoms with Gasteiger partial charge in [0.25, 0.3) is 0 Å². The van der Waals surface area contributed by atoms with Crippen molar-refractivity contribution in [2.75, 3.05) is 40.3 Å². The van der Waals surface area contributed by atoms with E-state index in [4.69, 9.17) is 4.74 Å². The number of hydrogen-bond donors (Lipinski definition) is 1. The van der Waals surface area contributed by atoms with Crippen LogP contribution in [0.4, 0.5) is 0 Å². The highest BCUT2D eigenvalue weighted by molar-refractivity contribution is 14.0. The minimum absolute atomic E-state index is 0. The second-order valence-corrected chi connectivity index (χ2v) is 6.28. The number of rotatable bonds is 6. The van der Waals surface area contributed by atoms with Crippen LogP contribution in [0.15, 0.2) is 29.3 Å². The SMILES string of the molecule is CCNC(=NCC(=O)N1CCCCC1)N(C)Cc1ccccc1OC.I. The second kappa shape index (κ2) is 12.0. The van der Waals surface area contributed by atoms with Crippen LogP contribution in [0.3, 0.4) is 0 Å². The molecule has 1 aliphatic heterocycles. The monoisotopic (exact) mass is 474 g/mol. The maximum absolute atomic E-state index is 12.3. The molecule has 0 radical (unpaired) electrons. The molecule has 0 saturated carbocycles. The highest BCUT2D eigenvalue weighted by atomic mass is 127. The molecular weight excluding hydrogens is 443 g/mol. The van der Waals surface area contributed by atoms with Crippen LogP contribution in [0, 0.1) is 0 Å². The molecule has 1 fully saturated rings. The van der Waals surface area contributed by atoms with Gasteiger partial charge in [0.15, 0.2) is 5.96 Å². The van der Waals surface area contributed by atoms with Crippen molar-refractivity contribution in [3.63, 3.8) is 0 Å². The van der Waals surface area contributed by atoms with Gasteiger partial charge in [-0.3, -0.25) is 4.79 Å². The summed E-state index contributed by atoms with van der Waals surface area (Å²) in [5, 5.41) is 3.26. The van der Waals surface area contributed by atoms with Gasteiger partial charge in [0.2, 0.25) is 5.91 Å².